The number of carbonyl (C=O) groups is 1. The van der Waals surface area contributed by atoms with Gasteiger partial charge in [-0.3, -0.25) is 14.4 Å². The highest BCUT2D eigenvalue weighted by Gasteiger charge is 2.38. The molecule has 178 valence electrons. The average Bonchev–Trinajstić information content (AvgIpc) is 3.32. The molecule has 1 aliphatic rings. The molecule has 0 radical (unpaired) electrons. The van der Waals surface area contributed by atoms with Crippen LogP contribution in [-0.4, -0.2) is 37.2 Å². The second-order valence-electron chi connectivity index (χ2n) is 7.84. The monoisotopic (exact) mass is 526 g/mol. The van der Waals surface area contributed by atoms with Crippen LogP contribution in [0.2, 0.25) is 5.02 Å². The number of ether oxygens (including phenoxy) is 1. The fraction of sp³-hybridized carbons (Fsp3) is 0.125. The SMILES string of the molecule is Cc1ccc2c(c1)OC(C(=O)Nc1nnc(-c3ccc(Cl)cc3)s1)CN2S(=O)(=O)c1ccccc1. The number of benzene rings is 3. The van der Waals surface area contributed by atoms with Gasteiger partial charge in [-0.1, -0.05) is 59.3 Å². The molecule has 2 heterocycles. The summed E-state index contributed by atoms with van der Waals surface area (Å²) in [5.74, 6) is -0.209. The molecule has 1 N–H and O–H groups in total. The van der Waals surface area contributed by atoms with Crippen molar-refractivity contribution in [3.05, 3.63) is 83.4 Å². The molecule has 4 aromatic rings. The van der Waals surface area contributed by atoms with Crippen LogP contribution in [0.5, 0.6) is 5.75 Å². The van der Waals surface area contributed by atoms with E-state index in [-0.39, 0.29) is 16.6 Å². The fourth-order valence-electron chi connectivity index (χ4n) is 3.61. The molecule has 0 saturated carbocycles. The molecule has 0 spiro atoms. The van der Waals surface area contributed by atoms with Gasteiger partial charge in [0, 0.05) is 10.6 Å². The van der Waals surface area contributed by atoms with Gasteiger partial charge in [-0.2, -0.15) is 0 Å². The van der Waals surface area contributed by atoms with Crippen molar-refractivity contribution >= 4 is 49.7 Å². The van der Waals surface area contributed by atoms with Gasteiger partial charge in [0.15, 0.2) is 6.10 Å². The van der Waals surface area contributed by atoms with E-state index in [9.17, 15) is 13.2 Å². The van der Waals surface area contributed by atoms with Crippen molar-refractivity contribution in [1.82, 2.24) is 10.2 Å². The first-order valence-electron chi connectivity index (χ1n) is 10.6. The van der Waals surface area contributed by atoms with E-state index in [0.717, 1.165) is 11.1 Å². The van der Waals surface area contributed by atoms with E-state index in [1.165, 1.54) is 27.8 Å². The molecule has 8 nitrogen and oxygen atoms in total. The Morgan fingerprint density at radius 1 is 1.09 bits per heavy atom. The molecule has 0 aliphatic carbocycles. The lowest BCUT2D eigenvalue weighted by Crippen LogP contribution is -2.48. The number of rotatable bonds is 5. The molecule has 1 aromatic heterocycles. The van der Waals surface area contributed by atoms with Crippen molar-refractivity contribution in [2.24, 2.45) is 0 Å². The Labute approximate surface area is 211 Å². The third-order valence-corrected chi connectivity index (χ3v) is 8.29. The highest BCUT2D eigenvalue weighted by atomic mass is 35.5. The van der Waals surface area contributed by atoms with E-state index >= 15 is 0 Å². The third kappa shape index (κ3) is 4.72. The van der Waals surface area contributed by atoms with Gasteiger partial charge in [-0.15, -0.1) is 10.2 Å². The number of nitrogens with one attached hydrogen (secondary N) is 1. The van der Waals surface area contributed by atoms with E-state index < -0.39 is 22.0 Å². The van der Waals surface area contributed by atoms with E-state index in [1.54, 1.807) is 48.5 Å². The van der Waals surface area contributed by atoms with Crippen molar-refractivity contribution in [3.63, 3.8) is 0 Å². The fourth-order valence-corrected chi connectivity index (χ4v) is 5.99. The lowest BCUT2D eigenvalue weighted by molar-refractivity contribution is -0.122. The Kier molecular flexibility index (Phi) is 6.18. The van der Waals surface area contributed by atoms with Crippen LogP contribution in [0.3, 0.4) is 0 Å². The number of aromatic nitrogens is 2. The van der Waals surface area contributed by atoms with Crippen LogP contribution in [-0.2, 0) is 14.8 Å². The average molecular weight is 527 g/mol. The first-order chi connectivity index (χ1) is 16.8. The summed E-state index contributed by atoms with van der Waals surface area (Å²) in [6, 6.07) is 20.4. The van der Waals surface area contributed by atoms with Gasteiger partial charge in [0.05, 0.1) is 17.1 Å². The number of halogens is 1. The molecule has 11 heteroatoms. The van der Waals surface area contributed by atoms with E-state index in [2.05, 4.69) is 15.5 Å². The topological polar surface area (TPSA) is 101 Å². The van der Waals surface area contributed by atoms with Crippen molar-refractivity contribution in [1.29, 1.82) is 0 Å². The molecule has 1 aliphatic heterocycles. The Balaban J connectivity index is 1.41. The van der Waals surface area contributed by atoms with E-state index in [1.807, 2.05) is 19.1 Å². The molecule has 1 unspecified atom stereocenters. The maximum absolute atomic E-state index is 13.5. The number of amides is 1. The van der Waals surface area contributed by atoms with Crippen molar-refractivity contribution in [2.45, 2.75) is 17.9 Å². The van der Waals surface area contributed by atoms with Gasteiger partial charge >= 0.3 is 0 Å². The predicted octanol–water partition coefficient (Wildman–Crippen LogP) is 4.76. The number of nitrogens with zero attached hydrogens (tertiary/aromatic N) is 3. The summed E-state index contributed by atoms with van der Waals surface area (Å²) in [5, 5.41) is 12.3. The molecular formula is C24H19ClN4O4S2. The highest BCUT2D eigenvalue weighted by Crippen LogP contribution is 2.38. The van der Waals surface area contributed by atoms with Gasteiger partial charge in [-0.05, 0) is 48.9 Å². The molecule has 1 amide bonds. The number of carbonyl (C=O) groups excluding carboxylic acids is 1. The summed E-state index contributed by atoms with van der Waals surface area (Å²) in [4.78, 5) is 13.3. The third-order valence-electron chi connectivity index (χ3n) is 5.35. The first kappa shape index (κ1) is 23.3. The number of anilines is 2. The summed E-state index contributed by atoms with van der Waals surface area (Å²) >= 11 is 7.13. The molecule has 5 rings (SSSR count). The Hall–Kier alpha value is -3.47. The number of hydrogen-bond acceptors (Lipinski definition) is 7. The predicted molar refractivity (Wildman–Crippen MR) is 136 cm³/mol. The molecule has 0 fully saturated rings. The van der Waals surface area contributed by atoms with E-state index in [4.69, 9.17) is 16.3 Å². The summed E-state index contributed by atoms with van der Waals surface area (Å²) in [6.07, 6.45) is -1.09. The number of sulfonamides is 1. The van der Waals surface area contributed by atoms with Gasteiger partial charge in [0.1, 0.15) is 10.8 Å². The highest BCUT2D eigenvalue weighted by molar-refractivity contribution is 7.92. The smallest absolute Gasteiger partial charge is 0.269 e. The second-order valence-corrected chi connectivity index (χ2v) is 11.1. The van der Waals surface area contributed by atoms with Crippen LogP contribution in [0.4, 0.5) is 10.8 Å². The minimum absolute atomic E-state index is 0.129. The van der Waals surface area contributed by atoms with Crippen LogP contribution in [0.1, 0.15) is 5.56 Å². The van der Waals surface area contributed by atoms with Gasteiger partial charge in [0.2, 0.25) is 5.13 Å². The van der Waals surface area contributed by atoms with Crippen molar-refractivity contribution < 1.29 is 17.9 Å². The molecular weight excluding hydrogens is 508 g/mol. The number of aryl methyl sites for hydroxylation is 1. The molecule has 0 saturated heterocycles. The lowest BCUT2D eigenvalue weighted by Gasteiger charge is -2.34. The first-order valence-corrected chi connectivity index (χ1v) is 13.2. The zero-order valence-corrected chi connectivity index (χ0v) is 20.8. The van der Waals surface area contributed by atoms with Crippen LogP contribution < -0.4 is 14.4 Å². The van der Waals surface area contributed by atoms with Gasteiger partial charge in [0.25, 0.3) is 15.9 Å². The Morgan fingerprint density at radius 3 is 2.57 bits per heavy atom. The van der Waals surface area contributed by atoms with Crippen LogP contribution in [0.15, 0.2) is 77.7 Å². The summed E-state index contributed by atoms with van der Waals surface area (Å²) in [6.45, 7) is 1.67. The number of fused-ring (bicyclic) bond motifs is 1. The number of hydrogen-bond donors (Lipinski definition) is 1. The zero-order valence-electron chi connectivity index (χ0n) is 18.4. The second kappa shape index (κ2) is 9.29. The summed E-state index contributed by atoms with van der Waals surface area (Å²) < 4.78 is 34.1. The maximum Gasteiger partial charge on any atom is 0.269 e. The van der Waals surface area contributed by atoms with Gasteiger partial charge in [-0.25, -0.2) is 8.42 Å². The normalized spacial score (nSPS) is 15.3. The summed E-state index contributed by atoms with van der Waals surface area (Å²) in [5.41, 5.74) is 2.06. The van der Waals surface area contributed by atoms with Gasteiger partial charge < -0.3 is 4.74 Å². The Morgan fingerprint density at radius 2 is 1.83 bits per heavy atom. The molecule has 0 bridgehead atoms. The zero-order chi connectivity index (χ0) is 24.6. The molecule has 35 heavy (non-hydrogen) atoms. The van der Waals surface area contributed by atoms with Crippen molar-refractivity contribution in [2.75, 3.05) is 16.2 Å². The largest absolute Gasteiger partial charge is 0.476 e. The van der Waals surface area contributed by atoms with Crippen LogP contribution >= 0.6 is 22.9 Å². The molecule has 1 atom stereocenters. The lowest BCUT2D eigenvalue weighted by atomic mass is 10.1. The van der Waals surface area contributed by atoms with Crippen LogP contribution in [0.25, 0.3) is 10.6 Å². The van der Waals surface area contributed by atoms with Crippen LogP contribution in [0, 0.1) is 6.92 Å². The molecule has 3 aromatic carbocycles. The van der Waals surface area contributed by atoms with Crippen molar-refractivity contribution in [3.8, 4) is 16.3 Å². The minimum Gasteiger partial charge on any atom is -0.476 e. The quantitative estimate of drug-likeness (QED) is 0.402. The standard InChI is InChI=1S/C24H19ClN4O4S2/c1-15-7-12-19-20(13-15)33-21(14-29(19)35(31,32)18-5-3-2-4-6-18)22(30)26-24-28-27-23(34-24)16-8-10-17(25)11-9-16/h2-13,21H,14H2,1H3,(H,26,28,30). The maximum atomic E-state index is 13.5. The Bertz CT molecular complexity index is 1490. The summed E-state index contributed by atoms with van der Waals surface area (Å²) in [7, 11) is -3.93. The minimum atomic E-state index is -3.93. The van der Waals surface area contributed by atoms with E-state index in [0.29, 0.717) is 21.5 Å².